The molecule has 0 aliphatic heterocycles. The third-order valence-corrected chi connectivity index (χ3v) is 4.30. The predicted octanol–water partition coefficient (Wildman–Crippen LogP) is 4.82. The Bertz CT molecular complexity index is 962. The van der Waals surface area contributed by atoms with Gasteiger partial charge in [0, 0.05) is 25.0 Å². The number of carbonyl (C=O) groups excluding carboxylic acids is 1. The lowest BCUT2D eigenvalue weighted by atomic mass is 10.1. The van der Waals surface area contributed by atoms with Crippen LogP contribution in [0.3, 0.4) is 0 Å². The molecule has 6 heteroatoms. The molecule has 2 N–H and O–H groups in total. The number of amides is 1. The largest absolute Gasteiger partial charge is 0.377 e. The van der Waals surface area contributed by atoms with Crippen LogP contribution in [0.15, 0.2) is 66.9 Å². The summed E-state index contributed by atoms with van der Waals surface area (Å²) in [5.41, 5.74) is 2.96. The Labute approximate surface area is 169 Å². The summed E-state index contributed by atoms with van der Waals surface area (Å²) in [5.74, 6) is -0.254. The van der Waals surface area contributed by atoms with Crippen LogP contribution in [0, 0.1) is 5.82 Å². The lowest BCUT2D eigenvalue weighted by molar-refractivity contribution is 0.0950. The topological polar surface area (TPSA) is 63.2 Å². The van der Waals surface area contributed by atoms with Gasteiger partial charge in [-0.2, -0.15) is 0 Å². The average molecular weight is 393 g/mol. The zero-order chi connectivity index (χ0) is 20.5. The number of rotatable bonds is 9. The molecule has 0 fully saturated rings. The smallest absolute Gasteiger partial charge is 0.255 e. The van der Waals surface area contributed by atoms with Crippen LogP contribution in [0.25, 0.3) is 0 Å². The van der Waals surface area contributed by atoms with E-state index in [0.717, 1.165) is 17.5 Å². The zero-order valence-corrected chi connectivity index (χ0v) is 16.3. The quantitative estimate of drug-likeness (QED) is 0.512. The minimum atomic E-state index is -0.362. The molecular weight excluding hydrogens is 369 g/mol. The summed E-state index contributed by atoms with van der Waals surface area (Å²) in [4.78, 5) is 17.0. The van der Waals surface area contributed by atoms with Gasteiger partial charge >= 0.3 is 0 Å². The second-order valence-electron chi connectivity index (χ2n) is 6.54. The molecule has 0 spiro atoms. The standard InChI is InChI=1S/C23H24FN3O2/c1-2-13-29-16-18-8-4-3-7-17(18)15-26-23(28)21-11-6-12-25-22(21)27-20-10-5-9-19(24)14-20/h3-12,14H,2,13,15-16H2,1H3,(H,25,27)(H,26,28). The molecule has 2 aromatic carbocycles. The first-order chi connectivity index (χ1) is 14.2. The fourth-order valence-corrected chi connectivity index (χ4v) is 2.86. The van der Waals surface area contributed by atoms with Crippen molar-refractivity contribution in [3.05, 3.63) is 89.4 Å². The first-order valence-electron chi connectivity index (χ1n) is 9.57. The van der Waals surface area contributed by atoms with Crippen molar-refractivity contribution in [1.29, 1.82) is 0 Å². The zero-order valence-electron chi connectivity index (χ0n) is 16.3. The Hall–Kier alpha value is -3.25. The number of nitrogens with zero attached hydrogens (tertiary/aromatic N) is 1. The van der Waals surface area contributed by atoms with Crippen molar-refractivity contribution < 1.29 is 13.9 Å². The molecular formula is C23H24FN3O2. The molecule has 0 radical (unpaired) electrons. The van der Waals surface area contributed by atoms with Gasteiger partial charge in [0.2, 0.25) is 0 Å². The highest BCUT2D eigenvalue weighted by molar-refractivity contribution is 5.99. The Morgan fingerprint density at radius 3 is 2.69 bits per heavy atom. The molecule has 3 aromatic rings. The van der Waals surface area contributed by atoms with Gasteiger partial charge in [-0.25, -0.2) is 9.37 Å². The van der Waals surface area contributed by atoms with Crippen molar-refractivity contribution in [2.45, 2.75) is 26.5 Å². The van der Waals surface area contributed by atoms with Crippen molar-refractivity contribution >= 4 is 17.4 Å². The van der Waals surface area contributed by atoms with Crippen molar-refractivity contribution in [1.82, 2.24) is 10.3 Å². The summed E-state index contributed by atoms with van der Waals surface area (Å²) in [7, 11) is 0. The number of anilines is 2. The van der Waals surface area contributed by atoms with E-state index in [4.69, 9.17) is 4.74 Å². The summed E-state index contributed by atoms with van der Waals surface area (Å²) < 4.78 is 19.1. The van der Waals surface area contributed by atoms with E-state index in [0.29, 0.717) is 36.8 Å². The number of nitrogens with one attached hydrogen (secondary N) is 2. The van der Waals surface area contributed by atoms with E-state index in [1.165, 1.54) is 12.1 Å². The van der Waals surface area contributed by atoms with E-state index < -0.39 is 0 Å². The summed E-state index contributed by atoms with van der Waals surface area (Å²) in [5, 5.41) is 5.94. The van der Waals surface area contributed by atoms with E-state index in [1.807, 2.05) is 24.3 Å². The van der Waals surface area contributed by atoms with E-state index in [2.05, 4.69) is 22.5 Å². The average Bonchev–Trinajstić information content (AvgIpc) is 2.73. The highest BCUT2D eigenvalue weighted by Crippen LogP contribution is 2.19. The maximum atomic E-state index is 13.4. The van der Waals surface area contributed by atoms with E-state index in [1.54, 1.807) is 30.5 Å². The molecule has 5 nitrogen and oxygen atoms in total. The van der Waals surface area contributed by atoms with E-state index in [-0.39, 0.29) is 11.7 Å². The van der Waals surface area contributed by atoms with Gasteiger partial charge in [0.1, 0.15) is 11.6 Å². The Morgan fingerprint density at radius 1 is 1.07 bits per heavy atom. The van der Waals surface area contributed by atoms with Crippen molar-refractivity contribution in [2.24, 2.45) is 0 Å². The van der Waals surface area contributed by atoms with Gasteiger partial charge in [-0.3, -0.25) is 4.79 Å². The van der Waals surface area contributed by atoms with Crippen LogP contribution in [-0.4, -0.2) is 17.5 Å². The molecule has 0 unspecified atom stereocenters. The Kier molecular flexibility index (Phi) is 7.30. The SMILES string of the molecule is CCCOCc1ccccc1CNC(=O)c1cccnc1Nc1cccc(F)c1. The van der Waals surface area contributed by atoms with E-state index >= 15 is 0 Å². The van der Waals surface area contributed by atoms with Crippen LogP contribution in [0.4, 0.5) is 15.9 Å². The van der Waals surface area contributed by atoms with Gasteiger partial charge in [0.25, 0.3) is 5.91 Å². The normalized spacial score (nSPS) is 10.6. The van der Waals surface area contributed by atoms with Crippen molar-refractivity contribution in [2.75, 3.05) is 11.9 Å². The summed E-state index contributed by atoms with van der Waals surface area (Å²) in [6, 6.07) is 17.3. The van der Waals surface area contributed by atoms with Gasteiger partial charge in [-0.05, 0) is 47.9 Å². The monoisotopic (exact) mass is 393 g/mol. The van der Waals surface area contributed by atoms with Crippen LogP contribution in [0.2, 0.25) is 0 Å². The summed E-state index contributed by atoms with van der Waals surface area (Å²) in [6.07, 6.45) is 2.54. The van der Waals surface area contributed by atoms with Crippen molar-refractivity contribution in [3.63, 3.8) is 0 Å². The molecule has 0 saturated carbocycles. The number of hydrogen-bond acceptors (Lipinski definition) is 4. The number of carbonyl (C=O) groups is 1. The van der Waals surface area contributed by atoms with Gasteiger partial charge in [0.15, 0.2) is 0 Å². The molecule has 3 rings (SSSR count). The molecule has 0 aliphatic rings. The Balaban J connectivity index is 1.69. The number of hydrogen-bond donors (Lipinski definition) is 2. The number of ether oxygens (including phenoxy) is 1. The first kappa shape index (κ1) is 20.5. The molecule has 0 atom stereocenters. The molecule has 29 heavy (non-hydrogen) atoms. The van der Waals surface area contributed by atoms with Gasteiger partial charge in [-0.15, -0.1) is 0 Å². The maximum Gasteiger partial charge on any atom is 0.255 e. The molecule has 1 heterocycles. The van der Waals surface area contributed by atoms with Gasteiger partial charge in [0.05, 0.1) is 12.2 Å². The minimum Gasteiger partial charge on any atom is -0.377 e. The second kappa shape index (κ2) is 10.3. The van der Waals surface area contributed by atoms with Crippen molar-refractivity contribution in [3.8, 4) is 0 Å². The molecule has 150 valence electrons. The van der Waals surface area contributed by atoms with Gasteiger partial charge < -0.3 is 15.4 Å². The number of pyridine rings is 1. The molecule has 0 aliphatic carbocycles. The number of halogens is 1. The highest BCUT2D eigenvalue weighted by atomic mass is 19.1. The lowest BCUT2D eigenvalue weighted by Gasteiger charge is -2.13. The Morgan fingerprint density at radius 2 is 1.90 bits per heavy atom. The fraction of sp³-hybridized carbons (Fsp3) is 0.217. The third kappa shape index (κ3) is 5.86. The first-order valence-corrected chi connectivity index (χ1v) is 9.57. The predicted molar refractivity (Wildman–Crippen MR) is 111 cm³/mol. The molecule has 0 saturated heterocycles. The molecule has 0 bridgehead atoms. The van der Waals surface area contributed by atoms with E-state index in [9.17, 15) is 9.18 Å². The molecule has 1 aromatic heterocycles. The summed E-state index contributed by atoms with van der Waals surface area (Å²) >= 11 is 0. The van der Waals surface area contributed by atoms with Crippen LogP contribution >= 0.6 is 0 Å². The van der Waals surface area contributed by atoms with Gasteiger partial charge in [-0.1, -0.05) is 37.3 Å². The third-order valence-electron chi connectivity index (χ3n) is 4.30. The fourth-order valence-electron chi connectivity index (χ4n) is 2.86. The van der Waals surface area contributed by atoms with Crippen LogP contribution in [0.5, 0.6) is 0 Å². The minimum absolute atomic E-state index is 0.263. The summed E-state index contributed by atoms with van der Waals surface area (Å²) in [6.45, 7) is 3.65. The lowest BCUT2D eigenvalue weighted by Crippen LogP contribution is -2.24. The van der Waals surface area contributed by atoms with Crippen LogP contribution in [-0.2, 0) is 17.9 Å². The van der Waals surface area contributed by atoms with Crippen LogP contribution in [0.1, 0.15) is 34.8 Å². The molecule has 1 amide bonds. The maximum absolute atomic E-state index is 13.4. The van der Waals surface area contributed by atoms with Crippen LogP contribution < -0.4 is 10.6 Å². The number of benzene rings is 2. The second-order valence-corrected chi connectivity index (χ2v) is 6.54. The number of aromatic nitrogens is 1. The highest BCUT2D eigenvalue weighted by Gasteiger charge is 2.13.